The summed E-state index contributed by atoms with van der Waals surface area (Å²) in [6, 6.07) is 0. The van der Waals surface area contributed by atoms with Crippen molar-refractivity contribution in [1.82, 2.24) is 0 Å². The molecule has 0 N–H and O–H groups in total. The molecule has 11 heavy (non-hydrogen) atoms. The molecule has 3 heterocycles. The number of rotatable bonds is 0. The summed E-state index contributed by atoms with van der Waals surface area (Å²) in [6.07, 6.45) is 1.38. The summed E-state index contributed by atoms with van der Waals surface area (Å²) in [7, 11) is 0. The second kappa shape index (κ2) is 1.50. The summed E-state index contributed by atoms with van der Waals surface area (Å²) in [5.41, 5.74) is 0.873. The van der Waals surface area contributed by atoms with Gasteiger partial charge < -0.3 is 18.7 Å². The van der Waals surface area contributed by atoms with Crippen molar-refractivity contribution >= 4 is 6.26 Å². The molecule has 0 radical (unpaired) electrons. The Morgan fingerprint density at radius 1 is 1.27 bits per heavy atom. The van der Waals surface area contributed by atoms with Crippen molar-refractivity contribution in [2.45, 2.75) is 0 Å². The molecule has 0 aliphatic carbocycles. The van der Waals surface area contributed by atoms with E-state index in [1.807, 2.05) is 0 Å². The maximum atomic E-state index is 5.13. The largest absolute Gasteiger partial charge is 0.449 e. The molecule has 5 nitrogen and oxygen atoms in total. The summed E-state index contributed by atoms with van der Waals surface area (Å²) >= 11 is 0. The highest BCUT2D eigenvalue weighted by Crippen LogP contribution is 2.24. The summed E-state index contributed by atoms with van der Waals surface area (Å²) in [4.78, 5) is 4.69. The Morgan fingerprint density at radius 2 is 2.18 bits per heavy atom. The highest BCUT2D eigenvalue weighted by molar-refractivity contribution is 5.41. The van der Waals surface area contributed by atoms with Gasteiger partial charge in [-0.25, -0.2) is 0 Å². The van der Waals surface area contributed by atoms with Gasteiger partial charge in [0.25, 0.3) is 0 Å². The van der Waals surface area contributed by atoms with Gasteiger partial charge in [-0.2, -0.15) is 0 Å². The zero-order valence-electron chi connectivity index (χ0n) is 5.36. The molecule has 1 aromatic heterocycles. The molecule has 0 aromatic carbocycles. The van der Waals surface area contributed by atoms with Gasteiger partial charge >= 0.3 is 5.55 Å². The molecule has 0 spiro atoms. The fourth-order valence-electron chi connectivity index (χ4n) is 1.08. The van der Waals surface area contributed by atoms with E-state index in [2.05, 4.69) is 5.16 Å². The number of nitrogens with zero attached hydrogens (tertiary/aromatic N) is 1. The van der Waals surface area contributed by atoms with Crippen LogP contribution in [0, 0.1) is 0 Å². The van der Waals surface area contributed by atoms with E-state index in [-0.39, 0.29) is 6.79 Å². The summed E-state index contributed by atoms with van der Waals surface area (Å²) in [6.45, 7) is 0.227. The lowest BCUT2D eigenvalue weighted by Gasteiger charge is -1.92. The topological polar surface area (TPSA) is 53.2 Å². The molecule has 1 aromatic rings. The lowest BCUT2D eigenvalue weighted by Crippen LogP contribution is -2.12. The van der Waals surface area contributed by atoms with Crippen molar-refractivity contribution in [3.05, 3.63) is 11.0 Å². The Labute approximate surface area is 60.4 Å². The minimum absolute atomic E-state index is 0.227. The third-order valence-corrected chi connectivity index (χ3v) is 1.53. The number of hydrogen-bond acceptors (Lipinski definition) is 5. The summed E-state index contributed by atoms with van der Waals surface area (Å²) < 4.78 is 15.3. The van der Waals surface area contributed by atoms with Gasteiger partial charge in [0.05, 0.1) is 0 Å². The molecule has 2 bridgehead atoms. The SMILES string of the molecule is C1=c2oc(c3c2OCO3)=NO1. The van der Waals surface area contributed by atoms with Crippen molar-refractivity contribution < 1.29 is 18.7 Å². The fourth-order valence-corrected chi connectivity index (χ4v) is 1.08. The van der Waals surface area contributed by atoms with Gasteiger partial charge in [-0.05, 0) is 5.16 Å². The van der Waals surface area contributed by atoms with Gasteiger partial charge in [0.1, 0.15) is 0 Å². The first-order valence-corrected chi connectivity index (χ1v) is 3.07. The number of furan rings is 1. The summed E-state index contributed by atoms with van der Waals surface area (Å²) in [5, 5.41) is 3.59. The van der Waals surface area contributed by atoms with E-state index < -0.39 is 0 Å². The van der Waals surface area contributed by atoms with Crippen LogP contribution in [0.4, 0.5) is 0 Å². The second-order valence-electron chi connectivity index (χ2n) is 2.15. The summed E-state index contributed by atoms with van der Waals surface area (Å²) in [5.74, 6) is 1.12. The number of ether oxygens (including phenoxy) is 2. The molecule has 0 unspecified atom stereocenters. The Hall–Kier alpha value is -1.65. The van der Waals surface area contributed by atoms with Gasteiger partial charge in [-0.3, -0.25) is 0 Å². The van der Waals surface area contributed by atoms with E-state index in [1.165, 1.54) is 6.26 Å². The van der Waals surface area contributed by atoms with E-state index in [9.17, 15) is 0 Å². The quantitative estimate of drug-likeness (QED) is 0.495. The molecule has 2 aliphatic rings. The first kappa shape index (κ1) is 5.06. The molecule has 0 atom stereocenters. The van der Waals surface area contributed by atoms with Gasteiger partial charge in [-0.15, -0.1) is 0 Å². The van der Waals surface area contributed by atoms with Crippen LogP contribution in [-0.2, 0) is 4.84 Å². The number of fused-ring (bicyclic) bond motifs is 5. The fraction of sp³-hybridized carbons (Fsp3) is 0.167. The van der Waals surface area contributed by atoms with Crippen molar-refractivity contribution in [3.8, 4) is 11.5 Å². The van der Waals surface area contributed by atoms with Crippen molar-refractivity contribution in [1.29, 1.82) is 0 Å². The molecule has 2 aliphatic heterocycles. The lowest BCUT2D eigenvalue weighted by molar-refractivity contribution is 0.151. The Bertz CT molecular complexity index is 382. The van der Waals surface area contributed by atoms with Crippen LogP contribution in [0.2, 0.25) is 0 Å². The predicted molar refractivity (Wildman–Crippen MR) is 31.2 cm³/mol. The maximum absolute atomic E-state index is 5.13. The standard InChI is InChI=1S/C6H3NO4/c1-3-4-5(9-2-8-4)6(11-3)7-10-1/h1H,2H2. The first-order valence-electron chi connectivity index (χ1n) is 3.07. The molecular weight excluding hydrogens is 150 g/mol. The van der Waals surface area contributed by atoms with Crippen LogP contribution in [0.15, 0.2) is 9.57 Å². The Morgan fingerprint density at radius 3 is 3.18 bits per heavy atom. The van der Waals surface area contributed by atoms with Gasteiger partial charge in [0.2, 0.25) is 23.7 Å². The minimum atomic E-state index is 0.227. The Balaban J connectivity index is 2.53. The second-order valence-corrected chi connectivity index (χ2v) is 2.15. The average molecular weight is 153 g/mol. The predicted octanol–water partition coefficient (Wildman–Crippen LogP) is -0.689. The molecule has 0 saturated carbocycles. The molecule has 5 heteroatoms. The van der Waals surface area contributed by atoms with E-state index >= 15 is 0 Å². The average Bonchev–Trinajstić information content (AvgIpc) is 2.58. The normalized spacial score (nSPS) is 16.7. The zero-order chi connectivity index (χ0) is 7.26. The molecule has 0 fully saturated rings. The van der Waals surface area contributed by atoms with Crippen LogP contribution in [-0.4, -0.2) is 6.79 Å². The third kappa shape index (κ3) is 0.485. The van der Waals surface area contributed by atoms with Gasteiger partial charge in [0.15, 0.2) is 6.26 Å². The molecule has 0 saturated heterocycles. The van der Waals surface area contributed by atoms with Crippen LogP contribution in [0.1, 0.15) is 0 Å². The maximum Gasteiger partial charge on any atom is 0.303 e. The highest BCUT2D eigenvalue weighted by Gasteiger charge is 2.24. The molecule has 0 amide bonds. The lowest BCUT2D eigenvalue weighted by atomic mass is 10.5. The van der Waals surface area contributed by atoms with Crippen LogP contribution < -0.4 is 20.4 Å². The first-order chi connectivity index (χ1) is 5.45. The molecular formula is C6H3NO4. The van der Waals surface area contributed by atoms with E-state index in [0.717, 1.165) is 0 Å². The molecule has 56 valence electrons. The van der Waals surface area contributed by atoms with E-state index in [1.54, 1.807) is 0 Å². The Kier molecular flexibility index (Phi) is 0.689. The third-order valence-electron chi connectivity index (χ3n) is 1.53. The van der Waals surface area contributed by atoms with E-state index in [0.29, 0.717) is 22.5 Å². The van der Waals surface area contributed by atoms with Gasteiger partial charge in [-0.1, -0.05) is 0 Å². The zero-order valence-corrected chi connectivity index (χ0v) is 5.36. The van der Waals surface area contributed by atoms with Crippen molar-refractivity contribution in [2.24, 2.45) is 5.16 Å². The van der Waals surface area contributed by atoms with E-state index in [4.69, 9.17) is 18.7 Å². The van der Waals surface area contributed by atoms with Crippen LogP contribution in [0.5, 0.6) is 11.5 Å². The number of hydrogen-bond donors (Lipinski definition) is 0. The smallest absolute Gasteiger partial charge is 0.303 e. The van der Waals surface area contributed by atoms with Crippen LogP contribution in [0.3, 0.4) is 0 Å². The molecule has 3 rings (SSSR count). The highest BCUT2D eigenvalue weighted by atomic mass is 16.7. The minimum Gasteiger partial charge on any atom is -0.449 e. The van der Waals surface area contributed by atoms with Crippen molar-refractivity contribution in [3.63, 3.8) is 0 Å². The monoisotopic (exact) mass is 153 g/mol. The van der Waals surface area contributed by atoms with Crippen LogP contribution >= 0.6 is 0 Å². The van der Waals surface area contributed by atoms with Crippen molar-refractivity contribution in [2.75, 3.05) is 6.79 Å². The van der Waals surface area contributed by atoms with Crippen LogP contribution in [0.25, 0.3) is 6.26 Å². The van der Waals surface area contributed by atoms with Gasteiger partial charge in [0, 0.05) is 0 Å².